The second-order valence-electron chi connectivity index (χ2n) is 6.22. The Morgan fingerprint density at radius 3 is 1.96 bits per heavy atom. The van der Waals surface area contributed by atoms with Crippen LogP contribution in [0.3, 0.4) is 0 Å². The minimum Gasteiger partial charge on any atom is -0.480 e. The summed E-state index contributed by atoms with van der Waals surface area (Å²) in [5, 5.41) is 19.0. The van der Waals surface area contributed by atoms with E-state index in [1.807, 2.05) is 6.92 Å². The lowest BCUT2D eigenvalue weighted by Gasteiger charge is -2.14. The van der Waals surface area contributed by atoms with Crippen LogP contribution in [0.1, 0.15) is 84.5 Å². The molecule has 0 saturated carbocycles. The van der Waals surface area contributed by atoms with E-state index in [2.05, 4.69) is 6.92 Å². The van der Waals surface area contributed by atoms with Crippen molar-refractivity contribution in [3.8, 4) is 0 Å². The van der Waals surface area contributed by atoms with Crippen LogP contribution in [0.4, 0.5) is 0 Å². The molecule has 5 heteroatoms. The van der Waals surface area contributed by atoms with Crippen molar-refractivity contribution in [3.63, 3.8) is 0 Å². The molecule has 0 aromatic heterocycles. The summed E-state index contributed by atoms with van der Waals surface area (Å²) in [5.74, 6) is -4.20. The fourth-order valence-electron chi connectivity index (χ4n) is 2.58. The number of aliphatic carboxylic acids is 1. The molecule has 0 aromatic carbocycles. The Hall–Kier alpha value is -1.23. The van der Waals surface area contributed by atoms with Crippen LogP contribution in [0, 0.1) is 5.92 Å². The van der Waals surface area contributed by atoms with Crippen molar-refractivity contribution < 1.29 is 24.6 Å². The zero-order chi connectivity index (χ0) is 17.7. The van der Waals surface area contributed by atoms with Gasteiger partial charge in [0.2, 0.25) is 0 Å². The number of carboxylic acids is 1. The van der Waals surface area contributed by atoms with Gasteiger partial charge in [-0.05, 0) is 12.8 Å². The molecule has 5 nitrogen and oxygen atoms in total. The van der Waals surface area contributed by atoms with E-state index in [1.165, 1.54) is 0 Å². The third kappa shape index (κ3) is 10.2. The highest BCUT2D eigenvalue weighted by Crippen LogP contribution is 2.15. The van der Waals surface area contributed by atoms with Crippen LogP contribution in [-0.2, 0) is 14.4 Å². The van der Waals surface area contributed by atoms with Crippen LogP contribution < -0.4 is 0 Å². The van der Waals surface area contributed by atoms with Gasteiger partial charge >= 0.3 is 5.97 Å². The van der Waals surface area contributed by atoms with E-state index in [0.717, 1.165) is 44.9 Å². The van der Waals surface area contributed by atoms with Crippen LogP contribution >= 0.6 is 0 Å². The Balaban J connectivity index is 4.33. The fraction of sp³-hybridized carbons (Fsp3) is 0.833. The number of hydrogen-bond acceptors (Lipinski definition) is 4. The van der Waals surface area contributed by atoms with Gasteiger partial charge in [-0.3, -0.25) is 14.4 Å². The molecule has 0 aliphatic rings. The van der Waals surface area contributed by atoms with Crippen LogP contribution in [0.2, 0.25) is 0 Å². The molecule has 0 aliphatic carbocycles. The lowest BCUT2D eigenvalue weighted by atomic mass is 9.91. The Bertz CT molecular complexity index is 364. The average molecular weight is 328 g/mol. The van der Waals surface area contributed by atoms with Crippen LogP contribution in [0.25, 0.3) is 0 Å². The van der Waals surface area contributed by atoms with Gasteiger partial charge in [0.25, 0.3) is 0 Å². The Labute approximate surface area is 139 Å². The van der Waals surface area contributed by atoms with Gasteiger partial charge < -0.3 is 10.2 Å². The maximum atomic E-state index is 12.0. The molecule has 0 amide bonds. The third-order valence-corrected chi connectivity index (χ3v) is 4.00. The summed E-state index contributed by atoms with van der Waals surface area (Å²) in [7, 11) is 0. The van der Waals surface area contributed by atoms with Crippen LogP contribution in [-0.4, -0.2) is 33.9 Å². The highest BCUT2D eigenvalue weighted by molar-refractivity contribution is 6.16. The van der Waals surface area contributed by atoms with Gasteiger partial charge in [0.05, 0.1) is 6.10 Å². The van der Waals surface area contributed by atoms with Crippen molar-refractivity contribution in [2.24, 2.45) is 5.92 Å². The lowest BCUT2D eigenvalue weighted by Crippen LogP contribution is -2.33. The van der Waals surface area contributed by atoms with Gasteiger partial charge in [-0.15, -0.1) is 0 Å². The summed E-state index contributed by atoms with van der Waals surface area (Å²) in [6.45, 7) is 4.13. The first-order valence-electron chi connectivity index (χ1n) is 8.90. The first-order valence-corrected chi connectivity index (χ1v) is 8.90. The van der Waals surface area contributed by atoms with Crippen molar-refractivity contribution in [1.82, 2.24) is 0 Å². The van der Waals surface area contributed by atoms with Crippen molar-refractivity contribution in [2.45, 2.75) is 90.6 Å². The van der Waals surface area contributed by atoms with Crippen LogP contribution in [0.5, 0.6) is 0 Å². The molecular weight excluding hydrogens is 296 g/mol. The highest BCUT2D eigenvalue weighted by Gasteiger charge is 2.33. The van der Waals surface area contributed by atoms with E-state index >= 15 is 0 Å². The van der Waals surface area contributed by atoms with Crippen molar-refractivity contribution in [3.05, 3.63) is 0 Å². The summed E-state index contributed by atoms with van der Waals surface area (Å²) in [6.07, 6.45) is 6.97. The lowest BCUT2D eigenvalue weighted by molar-refractivity contribution is -0.151. The summed E-state index contributed by atoms with van der Waals surface area (Å²) < 4.78 is 0. The number of hydrogen-bond donors (Lipinski definition) is 2. The van der Waals surface area contributed by atoms with E-state index in [-0.39, 0.29) is 12.8 Å². The molecule has 0 rings (SSSR count). The molecule has 0 saturated heterocycles. The summed E-state index contributed by atoms with van der Waals surface area (Å²) in [5.41, 5.74) is 0. The van der Waals surface area contributed by atoms with E-state index in [1.54, 1.807) is 0 Å². The molecule has 0 spiro atoms. The molecule has 0 aliphatic heterocycles. The molecule has 0 aromatic rings. The van der Waals surface area contributed by atoms with E-state index < -0.39 is 29.6 Å². The number of carbonyl (C=O) groups is 3. The average Bonchev–Trinajstić information content (AvgIpc) is 2.46. The Morgan fingerprint density at radius 2 is 1.39 bits per heavy atom. The zero-order valence-electron chi connectivity index (χ0n) is 14.6. The van der Waals surface area contributed by atoms with Gasteiger partial charge in [-0.25, -0.2) is 0 Å². The molecule has 0 radical (unpaired) electrons. The maximum absolute atomic E-state index is 12.0. The van der Waals surface area contributed by atoms with E-state index in [4.69, 9.17) is 5.11 Å². The first kappa shape index (κ1) is 21.8. The maximum Gasteiger partial charge on any atom is 0.321 e. The molecule has 0 heterocycles. The van der Waals surface area contributed by atoms with Gasteiger partial charge in [0, 0.05) is 12.8 Å². The first-order chi connectivity index (χ1) is 10.9. The number of ketones is 2. The van der Waals surface area contributed by atoms with Gasteiger partial charge in [-0.2, -0.15) is 0 Å². The zero-order valence-corrected chi connectivity index (χ0v) is 14.6. The van der Waals surface area contributed by atoms with Gasteiger partial charge in [0.15, 0.2) is 17.5 Å². The smallest absolute Gasteiger partial charge is 0.321 e. The number of Topliss-reactive ketones (excluding diaryl/α,β-unsaturated/α-hetero) is 2. The number of carbonyl (C=O) groups excluding carboxylic acids is 2. The van der Waals surface area contributed by atoms with Crippen molar-refractivity contribution in [1.29, 1.82) is 0 Å². The minimum absolute atomic E-state index is 0.123. The largest absolute Gasteiger partial charge is 0.480 e. The quantitative estimate of drug-likeness (QED) is 0.354. The molecule has 2 unspecified atom stereocenters. The second kappa shape index (κ2) is 13.2. The van der Waals surface area contributed by atoms with Crippen molar-refractivity contribution >= 4 is 17.5 Å². The normalized spacial score (nSPS) is 13.5. The molecule has 0 fully saturated rings. The van der Waals surface area contributed by atoms with Crippen LogP contribution in [0.15, 0.2) is 0 Å². The Morgan fingerprint density at radius 1 is 0.826 bits per heavy atom. The Kier molecular flexibility index (Phi) is 12.5. The molecule has 2 N–H and O–H groups in total. The number of rotatable bonds is 15. The monoisotopic (exact) mass is 328 g/mol. The molecule has 134 valence electrons. The topological polar surface area (TPSA) is 91.7 Å². The molecule has 23 heavy (non-hydrogen) atoms. The predicted octanol–water partition coefficient (Wildman–Crippen LogP) is 3.52. The summed E-state index contributed by atoms with van der Waals surface area (Å²) in [6, 6.07) is 0. The van der Waals surface area contributed by atoms with E-state index in [0.29, 0.717) is 12.8 Å². The van der Waals surface area contributed by atoms with Gasteiger partial charge in [-0.1, -0.05) is 58.8 Å². The molecular formula is C18H32O5. The second-order valence-corrected chi connectivity index (χ2v) is 6.22. The highest BCUT2D eigenvalue weighted by atomic mass is 16.4. The number of unbranched alkanes of at least 4 members (excludes halogenated alkanes) is 6. The minimum atomic E-state index is -1.61. The molecule has 0 bridgehead atoms. The number of aliphatic hydroxyl groups is 1. The number of carboxylic acid groups (broad SMARTS) is 1. The number of aliphatic hydroxyl groups excluding tert-OH is 1. The standard InChI is InChI=1S/C18H32O5/c1-3-5-7-8-10-12-15(20)17(18(22)23)16(21)13-14(19)11-9-6-4-2/h14,17,19H,3-13H2,1-2H3,(H,22,23). The third-order valence-electron chi connectivity index (χ3n) is 4.00. The van der Waals surface area contributed by atoms with E-state index in [9.17, 15) is 19.5 Å². The predicted molar refractivity (Wildman–Crippen MR) is 89.3 cm³/mol. The van der Waals surface area contributed by atoms with Gasteiger partial charge in [0.1, 0.15) is 0 Å². The fourth-order valence-corrected chi connectivity index (χ4v) is 2.58. The molecule has 2 atom stereocenters. The summed E-state index contributed by atoms with van der Waals surface area (Å²) >= 11 is 0. The van der Waals surface area contributed by atoms with Crippen molar-refractivity contribution in [2.75, 3.05) is 0 Å². The summed E-state index contributed by atoms with van der Waals surface area (Å²) in [4.78, 5) is 35.3. The SMILES string of the molecule is CCCCCCCC(=O)C(C(=O)O)C(=O)CC(O)CCCCC.